The van der Waals surface area contributed by atoms with Gasteiger partial charge in [-0.1, -0.05) is 37.3 Å². The molecule has 0 aliphatic carbocycles. The van der Waals surface area contributed by atoms with Crippen LogP contribution in [0.2, 0.25) is 0 Å². The zero-order chi connectivity index (χ0) is 21.7. The highest BCUT2D eigenvalue weighted by Crippen LogP contribution is 2.39. The van der Waals surface area contributed by atoms with E-state index in [1.807, 2.05) is 6.92 Å². The Balaban J connectivity index is 2.14. The second-order valence-corrected chi connectivity index (χ2v) is 6.45. The van der Waals surface area contributed by atoms with Crippen molar-refractivity contribution >= 4 is 5.91 Å². The van der Waals surface area contributed by atoms with Gasteiger partial charge in [0.25, 0.3) is 11.5 Å². The Hall–Kier alpha value is -2.74. The summed E-state index contributed by atoms with van der Waals surface area (Å²) in [5.74, 6) is -0.531. The number of amides is 1. The summed E-state index contributed by atoms with van der Waals surface area (Å²) in [5.41, 5.74) is -2.62. The van der Waals surface area contributed by atoms with Crippen LogP contribution in [-0.2, 0) is 23.2 Å². The Morgan fingerprint density at radius 2 is 1.59 bits per heavy atom. The molecule has 29 heavy (non-hydrogen) atoms. The fraction of sp³-hybridized carbons (Fsp3) is 0.381. The van der Waals surface area contributed by atoms with Gasteiger partial charge < -0.3 is 19.9 Å². The largest absolute Gasteiger partial charge is 0.493 e. The van der Waals surface area contributed by atoms with E-state index in [4.69, 9.17) is 9.47 Å². The van der Waals surface area contributed by atoms with Gasteiger partial charge >= 0.3 is 6.18 Å². The molecule has 1 atom stereocenters. The van der Waals surface area contributed by atoms with Gasteiger partial charge in [0.15, 0.2) is 11.5 Å². The molecule has 8 heteroatoms. The number of halogens is 3. The molecule has 0 fully saturated rings. The predicted octanol–water partition coefficient (Wildman–Crippen LogP) is 3.38. The number of alkyl halides is 3. The third kappa shape index (κ3) is 4.82. The van der Waals surface area contributed by atoms with Crippen molar-refractivity contribution in [1.82, 2.24) is 5.32 Å². The first-order valence-electron chi connectivity index (χ1n) is 9.05. The van der Waals surface area contributed by atoms with Crippen molar-refractivity contribution < 1.29 is 32.5 Å². The van der Waals surface area contributed by atoms with E-state index >= 15 is 0 Å². The minimum absolute atomic E-state index is 0.0975. The zero-order valence-corrected chi connectivity index (χ0v) is 16.5. The van der Waals surface area contributed by atoms with Crippen LogP contribution in [0.4, 0.5) is 13.2 Å². The Bertz CT molecular complexity index is 837. The molecule has 1 amide bonds. The smallest absolute Gasteiger partial charge is 0.430 e. The lowest BCUT2D eigenvalue weighted by molar-refractivity contribution is -0.257. The lowest BCUT2D eigenvalue weighted by atomic mass is 9.91. The number of rotatable bonds is 8. The lowest BCUT2D eigenvalue weighted by Gasteiger charge is -2.29. The normalized spacial score (nSPS) is 13.5. The summed E-state index contributed by atoms with van der Waals surface area (Å²) in [5, 5.41) is 12.5. The van der Waals surface area contributed by atoms with Gasteiger partial charge in [-0.2, -0.15) is 13.2 Å². The maximum atomic E-state index is 13.6. The maximum absolute atomic E-state index is 13.6. The van der Waals surface area contributed by atoms with Crippen molar-refractivity contribution in [2.45, 2.75) is 31.5 Å². The average molecular weight is 411 g/mol. The monoisotopic (exact) mass is 411 g/mol. The molecule has 2 aromatic carbocycles. The van der Waals surface area contributed by atoms with E-state index < -0.39 is 23.2 Å². The van der Waals surface area contributed by atoms with E-state index in [9.17, 15) is 23.1 Å². The van der Waals surface area contributed by atoms with Crippen molar-refractivity contribution in [2.75, 3.05) is 20.8 Å². The minimum Gasteiger partial charge on any atom is -0.493 e. The van der Waals surface area contributed by atoms with Crippen molar-refractivity contribution in [1.29, 1.82) is 0 Å². The number of benzene rings is 2. The molecule has 2 N–H and O–H groups in total. The van der Waals surface area contributed by atoms with Crippen LogP contribution in [0.3, 0.4) is 0 Å². The third-order valence-corrected chi connectivity index (χ3v) is 4.67. The fourth-order valence-corrected chi connectivity index (χ4v) is 2.89. The Morgan fingerprint density at radius 3 is 2.10 bits per heavy atom. The molecule has 2 rings (SSSR count). The van der Waals surface area contributed by atoms with Crippen LogP contribution >= 0.6 is 0 Å². The van der Waals surface area contributed by atoms with Gasteiger partial charge in [0.05, 0.1) is 14.2 Å². The maximum Gasteiger partial charge on any atom is 0.430 e. The van der Waals surface area contributed by atoms with Crippen LogP contribution in [0.5, 0.6) is 11.5 Å². The number of ether oxygens (including phenoxy) is 2. The van der Waals surface area contributed by atoms with Crippen molar-refractivity contribution in [3.05, 3.63) is 59.2 Å². The number of aliphatic hydroxyl groups is 1. The molecular formula is C21H24F3NO4. The molecule has 0 spiro atoms. The van der Waals surface area contributed by atoms with E-state index in [2.05, 4.69) is 5.32 Å². The van der Waals surface area contributed by atoms with Crippen LogP contribution in [0.25, 0.3) is 0 Å². The fourth-order valence-electron chi connectivity index (χ4n) is 2.89. The van der Waals surface area contributed by atoms with Crippen LogP contribution < -0.4 is 14.8 Å². The predicted molar refractivity (Wildman–Crippen MR) is 102 cm³/mol. The SMILES string of the molecule is CCc1ccc(C(O)(C(=O)NCCc2ccc(OC)c(OC)c2)C(F)(F)F)cc1. The molecule has 0 aliphatic rings. The van der Waals surface area contributed by atoms with Gasteiger partial charge in [0.2, 0.25) is 0 Å². The molecule has 2 aromatic rings. The van der Waals surface area contributed by atoms with Gasteiger partial charge in [-0.15, -0.1) is 0 Å². The molecule has 0 aromatic heterocycles. The quantitative estimate of drug-likeness (QED) is 0.699. The summed E-state index contributed by atoms with van der Waals surface area (Å²) in [6.45, 7) is 1.76. The van der Waals surface area contributed by atoms with Crippen molar-refractivity contribution in [3.8, 4) is 11.5 Å². The molecule has 0 radical (unpaired) electrons. The van der Waals surface area contributed by atoms with E-state index in [-0.39, 0.29) is 13.0 Å². The zero-order valence-electron chi connectivity index (χ0n) is 16.5. The number of methoxy groups -OCH3 is 2. The summed E-state index contributed by atoms with van der Waals surface area (Å²) in [7, 11) is 2.96. The number of carbonyl (C=O) groups is 1. The van der Waals surface area contributed by atoms with Gasteiger partial charge in [-0.05, 0) is 36.1 Å². The molecule has 0 bridgehead atoms. The summed E-state index contributed by atoms with van der Waals surface area (Å²) < 4.78 is 51.1. The van der Waals surface area contributed by atoms with Crippen LogP contribution in [0.1, 0.15) is 23.6 Å². The average Bonchev–Trinajstić information content (AvgIpc) is 2.72. The van der Waals surface area contributed by atoms with Crippen molar-refractivity contribution in [3.63, 3.8) is 0 Å². The first-order chi connectivity index (χ1) is 13.7. The molecular weight excluding hydrogens is 387 g/mol. The highest BCUT2D eigenvalue weighted by molar-refractivity contribution is 5.87. The Labute approximate surface area is 167 Å². The molecule has 5 nitrogen and oxygen atoms in total. The standard InChI is InChI=1S/C21H24F3NO4/c1-4-14-5-8-16(9-6-14)20(27,21(22,23)24)19(26)25-12-11-15-7-10-17(28-2)18(13-15)29-3/h5-10,13,27H,4,11-12H2,1-3H3,(H,25,26). The molecule has 0 aliphatic heterocycles. The number of nitrogens with one attached hydrogen (secondary N) is 1. The molecule has 1 unspecified atom stereocenters. The molecule has 158 valence electrons. The second kappa shape index (κ2) is 9.17. The Kier molecular flexibility index (Phi) is 7.13. The van der Waals surface area contributed by atoms with E-state index in [1.54, 1.807) is 18.2 Å². The summed E-state index contributed by atoms with van der Waals surface area (Å²) in [4.78, 5) is 12.4. The van der Waals surface area contributed by atoms with E-state index in [1.165, 1.54) is 26.4 Å². The van der Waals surface area contributed by atoms with Gasteiger partial charge in [-0.3, -0.25) is 4.79 Å². The first kappa shape index (κ1) is 22.5. The molecule has 0 saturated heterocycles. The second-order valence-electron chi connectivity index (χ2n) is 6.45. The summed E-state index contributed by atoms with van der Waals surface area (Å²) in [6, 6.07) is 10.2. The molecule has 0 saturated carbocycles. The van der Waals surface area contributed by atoms with Gasteiger partial charge in [0.1, 0.15) is 0 Å². The van der Waals surface area contributed by atoms with Gasteiger partial charge in [-0.25, -0.2) is 0 Å². The van der Waals surface area contributed by atoms with E-state index in [0.29, 0.717) is 17.9 Å². The van der Waals surface area contributed by atoms with Crippen LogP contribution in [0.15, 0.2) is 42.5 Å². The van der Waals surface area contributed by atoms with Crippen LogP contribution in [-0.4, -0.2) is 38.0 Å². The minimum atomic E-state index is -5.17. The summed E-state index contributed by atoms with van der Waals surface area (Å²) in [6.07, 6.45) is -4.30. The van der Waals surface area contributed by atoms with E-state index in [0.717, 1.165) is 23.3 Å². The number of carbonyl (C=O) groups excluding carboxylic acids is 1. The highest BCUT2D eigenvalue weighted by atomic mass is 19.4. The highest BCUT2D eigenvalue weighted by Gasteiger charge is 2.60. The van der Waals surface area contributed by atoms with Gasteiger partial charge in [0, 0.05) is 12.1 Å². The Morgan fingerprint density at radius 1 is 1.00 bits per heavy atom. The third-order valence-electron chi connectivity index (χ3n) is 4.67. The first-order valence-corrected chi connectivity index (χ1v) is 9.05. The number of hydrogen-bond acceptors (Lipinski definition) is 4. The van der Waals surface area contributed by atoms with Crippen LogP contribution in [0, 0.1) is 0 Å². The molecule has 0 heterocycles. The number of hydrogen-bond donors (Lipinski definition) is 2. The lowest BCUT2D eigenvalue weighted by Crippen LogP contribution is -2.54. The number of aryl methyl sites for hydroxylation is 1. The topological polar surface area (TPSA) is 67.8 Å². The summed E-state index contributed by atoms with van der Waals surface area (Å²) >= 11 is 0. The van der Waals surface area contributed by atoms with Crippen molar-refractivity contribution in [2.24, 2.45) is 0 Å².